The maximum atomic E-state index is 12.9. The van der Waals surface area contributed by atoms with Crippen molar-refractivity contribution in [1.29, 1.82) is 0 Å². The first-order valence-corrected chi connectivity index (χ1v) is 9.26. The molecule has 5 heteroatoms. The third-order valence-electron chi connectivity index (χ3n) is 4.68. The highest BCUT2D eigenvalue weighted by Crippen LogP contribution is 2.46. The normalized spacial score (nSPS) is 14.4. The van der Waals surface area contributed by atoms with Crippen LogP contribution in [0.4, 0.5) is 0 Å². The van der Waals surface area contributed by atoms with Gasteiger partial charge < -0.3 is 14.8 Å². The van der Waals surface area contributed by atoms with E-state index < -0.39 is 0 Å². The number of rotatable bonds is 7. The highest BCUT2D eigenvalue weighted by molar-refractivity contribution is 9.10. The number of carbonyl (C=O) groups is 1. The zero-order valence-electron chi connectivity index (χ0n) is 15.0. The maximum Gasteiger partial charge on any atom is 0.252 e. The van der Waals surface area contributed by atoms with Crippen molar-refractivity contribution in [2.45, 2.75) is 24.8 Å². The molecule has 0 aliphatic heterocycles. The Balaban J connectivity index is 1.89. The molecule has 1 saturated carbocycles. The SMILES string of the molecule is C=CCc1cc(C(=O)NC2(c3ccc(Br)cc3)CC2)cc(OC)c1OC. The van der Waals surface area contributed by atoms with Gasteiger partial charge in [-0.1, -0.05) is 34.1 Å². The molecule has 1 fully saturated rings. The molecule has 0 radical (unpaired) electrons. The van der Waals surface area contributed by atoms with E-state index in [4.69, 9.17) is 9.47 Å². The lowest BCUT2D eigenvalue weighted by atomic mass is 10.0. The Hall–Kier alpha value is -2.27. The molecule has 0 atom stereocenters. The fraction of sp³-hybridized carbons (Fsp3) is 0.286. The van der Waals surface area contributed by atoms with Crippen LogP contribution in [-0.4, -0.2) is 20.1 Å². The smallest absolute Gasteiger partial charge is 0.252 e. The molecule has 1 aliphatic carbocycles. The molecule has 0 saturated heterocycles. The van der Waals surface area contributed by atoms with Crippen molar-refractivity contribution in [1.82, 2.24) is 5.32 Å². The fourth-order valence-corrected chi connectivity index (χ4v) is 3.42. The molecule has 1 aliphatic rings. The van der Waals surface area contributed by atoms with Crippen LogP contribution < -0.4 is 14.8 Å². The fourth-order valence-electron chi connectivity index (χ4n) is 3.15. The molecule has 1 N–H and O–H groups in total. The first-order valence-electron chi connectivity index (χ1n) is 8.47. The number of allylic oxidation sites excluding steroid dienone is 1. The van der Waals surface area contributed by atoms with Crippen LogP contribution in [0.25, 0.3) is 0 Å². The Morgan fingerprint density at radius 3 is 2.46 bits per heavy atom. The van der Waals surface area contributed by atoms with Gasteiger partial charge in [-0.15, -0.1) is 6.58 Å². The number of carbonyl (C=O) groups excluding carboxylic acids is 1. The molecule has 2 aromatic rings. The van der Waals surface area contributed by atoms with E-state index in [1.54, 1.807) is 26.4 Å². The average molecular weight is 416 g/mol. The standard InChI is InChI=1S/C21H22BrNO3/c1-4-5-14-12-15(13-18(25-2)19(14)26-3)20(24)23-21(10-11-21)16-6-8-17(22)9-7-16/h4,6-9,12-13H,1,5,10-11H2,2-3H3,(H,23,24). The summed E-state index contributed by atoms with van der Waals surface area (Å²) >= 11 is 3.45. The van der Waals surface area contributed by atoms with E-state index in [2.05, 4.69) is 40.0 Å². The first-order chi connectivity index (χ1) is 12.5. The van der Waals surface area contributed by atoms with Crippen molar-refractivity contribution >= 4 is 21.8 Å². The zero-order chi connectivity index (χ0) is 18.7. The van der Waals surface area contributed by atoms with Crippen LogP contribution in [0, 0.1) is 0 Å². The van der Waals surface area contributed by atoms with Gasteiger partial charge >= 0.3 is 0 Å². The average Bonchev–Trinajstić information content (AvgIpc) is 3.42. The molecule has 0 bridgehead atoms. The highest BCUT2D eigenvalue weighted by Gasteiger charge is 2.45. The van der Waals surface area contributed by atoms with Gasteiger partial charge in [0.2, 0.25) is 0 Å². The topological polar surface area (TPSA) is 47.6 Å². The van der Waals surface area contributed by atoms with Crippen LogP contribution >= 0.6 is 15.9 Å². The van der Waals surface area contributed by atoms with Crippen molar-refractivity contribution in [2.24, 2.45) is 0 Å². The van der Waals surface area contributed by atoms with Crippen LogP contribution in [0.1, 0.15) is 34.3 Å². The van der Waals surface area contributed by atoms with Gasteiger partial charge in [-0.05, 0) is 49.1 Å². The van der Waals surface area contributed by atoms with E-state index in [1.807, 2.05) is 18.2 Å². The number of halogens is 1. The number of methoxy groups -OCH3 is 2. The number of ether oxygens (including phenoxy) is 2. The predicted molar refractivity (Wildman–Crippen MR) is 106 cm³/mol. The molecule has 0 heterocycles. The van der Waals surface area contributed by atoms with Gasteiger partial charge in [0.15, 0.2) is 11.5 Å². The van der Waals surface area contributed by atoms with Gasteiger partial charge in [0, 0.05) is 15.6 Å². The molecule has 4 nitrogen and oxygen atoms in total. The molecule has 26 heavy (non-hydrogen) atoms. The summed E-state index contributed by atoms with van der Waals surface area (Å²) in [7, 11) is 3.17. The lowest BCUT2D eigenvalue weighted by Crippen LogP contribution is -2.34. The number of hydrogen-bond donors (Lipinski definition) is 1. The highest BCUT2D eigenvalue weighted by atomic mass is 79.9. The van der Waals surface area contributed by atoms with Crippen LogP contribution in [0.2, 0.25) is 0 Å². The molecule has 3 rings (SSSR count). The Kier molecular flexibility index (Phi) is 5.37. The first kappa shape index (κ1) is 18.5. The summed E-state index contributed by atoms with van der Waals surface area (Å²) in [5, 5.41) is 3.20. The monoisotopic (exact) mass is 415 g/mol. The minimum absolute atomic E-state index is 0.114. The van der Waals surface area contributed by atoms with Gasteiger partial charge in [-0.3, -0.25) is 4.79 Å². The van der Waals surface area contributed by atoms with E-state index in [9.17, 15) is 4.79 Å². The molecule has 136 valence electrons. The summed E-state index contributed by atoms with van der Waals surface area (Å²) in [5.74, 6) is 1.07. The Morgan fingerprint density at radius 1 is 1.23 bits per heavy atom. The largest absolute Gasteiger partial charge is 0.493 e. The summed E-state index contributed by atoms with van der Waals surface area (Å²) < 4.78 is 11.9. The lowest BCUT2D eigenvalue weighted by molar-refractivity contribution is 0.0930. The van der Waals surface area contributed by atoms with Gasteiger partial charge in [0.05, 0.1) is 19.8 Å². The summed E-state index contributed by atoms with van der Waals surface area (Å²) in [5.41, 5.74) is 2.29. The second-order valence-corrected chi connectivity index (χ2v) is 7.32. The summed E-state index contributed by atoms with van der Waals surface area (Å²) in [6.45, 7) is 3.78. The quantitative estimate of drug-likeness (QED) is 0.671. The second kappa shape index (κ2) is 7.54. The van der Waals surface area contributed by atoms with Crippen molar-refractivity contribution in [3.63, 3.8) is 0 Å². The number of hydrogen-bond acceptors (Lipinski definition) is 3. The van der Waals surface area contributed by atoms with Crippen LogP contribution in [-0.2, 0) is 12.0 Å². The lowest BCUT2D eigenvalue weighted by Gasteiger charge is -2.19. The van der Waals surface area contributed by atoms with Gasteiger partial charge in [-0.2, -0.15) is 0 Å². The van der Waals surface area contributed by atoms with Crippen LogP contribution in [0.5, 0.6) is 11.5 Å². The minimum Gasteiger partial charge on any atom is -0.493 e. The molecular formula is C21H22BrNO3. The Bertz CT molecular complexity index is 826. The van der Waals surface area contributed by atoms with Gasteiger partial charge in [-0.25, -0.2) is 0 Å². The molecule has 0 aromatic heterocycles. The maximum absolute atomic E-state index is 12.9. The van der Waals surface area contributed by atoms with Crippen molar-refractivity contribution in [3.05, 3.63) is 70.2 Å². The second-order valence-electron chi connectivity index (χ2n) is 6.41. The van der Waals surface area contributed by atoms with Crippen molar-refractivity contribution < 1.29 is 14.3 Å². The number of amides is 1. The number of benzene rings is 2. The van der Waals surface area contributed by atoms with E-state index in [0.717, 1.165) is 28.4 Å². The summed E-state index contributed by atoms with van der Waals surface area (Å²) in [6.07, 6.45) is 4.25. The van der Waals surface area contributed by atoms with Gasteiger partial charge in [0.25, 0.3) is 5.91 Å². The number of nitrogens with one attached hydrogen (secondary N) is 1. The van der Waals surface area contributed by atoms with E-state index in [1.165, 1.54) is 0 Å². The minimum atomic E-state index is -0.274. The van der Waals surface area contributed by atoms with Crippen LogP contribution in [0.3, 0.4) is 0 Å². The Morgan fingerprint density at radius 2 is 1.92 bits per heavy atom. The van der Waals surface area contributed by atoms with Crippen molar-refractivity contribution in [2.75, 3.05) is 14.2 Å². The third kappa shape index (κ3) is 3.63. The predicted octanol–water partition coefficient (Wildman–Crippen LogP) is 4.61. The van der Waals surface area contributed by atoms with E-state index in [-0.39, 0.29) is 11.4 Å². The molecular weight excluding hydrogens is 394 g/mol. The van der Waals surface area contributed by atoms with E-state index in [0.29, 0.717) is 23.5 Å². The molecule has 1 amide bonds. The molecule has 0 spiro atoms. The summed E-state index contributed by atoms with van der Waals surface area (Å²) in [4.78, 5) is 12.9. The summed E-state index contributed by atoms with van der Waals surface area (Å²) in [6, 6.07) is 11.7. The Labute approximate surface area is 162 Å². The van der Waals surface area contributed by atoms with Crippen molar-refractivity contribution in [3.8, 4) is 11.5 Å². The van der Waals surface area contributed by atoms with E-state index >= 15 is 0 Å². The zero-order valence-corrected chi connectivity index (χ0v) is 16.6. The van der Waals surface area contributed by atoms with Gasteiger partial charge in [0.1, 0.15) is 0 Å². The van der Waals surface area contributed by atoms with Crippen LogP contribution in [0.15, 0.2) is 53.5 Å². The molecule has 2 aromatic carbocycles. The third-order valence-corrected chi connectivity index (χ3v) is 5.21. The molecule has 0 unspecified atom stereocenters.